The lowest BCUT2D eigenvalue weighted by Gasteiger charge is -2.20. The fraction of sp³-hybridized carbons (Fsp3) is 0.650. The first-order valence-electron chi connectivity index (χ1n) is 9.86. The molecule has 0 unspecified atom stereocenters. The van der Waals surface area contributed by atoms with Gasteiger partial charge in [-0.1, -0.05) is 19.3 Å². The zero-order chi connectivity index (χ0) is 20.5. The second kappa shape index (κ2) is 10.8. The number of esters is 1. The highest BCUT2D eigenvalue weighted by Gasteiger charge is 2.23. The van der Waals surface area contributed by atoms with Crippen LogP contribution in [0.4, 0.5) is 0 Å². The van der Waals surface area contributed by atoms with Crippen LogP contribution in [0.5, 0.6) is 0 Å². The van der Waals surface area contributed by atoms with Gasteiger partial charge in [-0.05, 0) is 32.3 Å². The number of aryl methyl sites for hydroxylation is 1. The molecule has 0 bridgehead atoms. The van der Waals surface area contributed by atoms with E-state index in [1.54, 1.807) is 13.8 Å². The number of H-pyrrole nitrogens is 1. The molecule has 28 heavy (non-hydrogen) atoms. The predicted octanol–water partition coefficient (Wildman–Crippen LogP) is 1.86. The van der Waals surface area contributed by atoms with Crippen LogP contribution in [0.15, 0.2) is 0 Å². The minimum absolute atomic E-state index is 0.0712. The van der Waals surface area contributed by atoms with E-state index in [0.717, 1.165) is 25.7 Å². The van der Waals surface area contributed by atoms with E-state index in [4.69, 9.17) is 9.47 Å². The van der Waals surface area contributed by atoms with Crippen molar-refractivity contribution in [3.8, 4) is 0 Å². The minimum Gasteiger partial charge on any atom is -0.460 e. The van der Waals surface area contributed by atoms with Gasteiger partial charge >= 0.3 is 5.97 Å². The summed E-state index contributed by atoms with van der Waals surface area (Å²) in [4.78, 5) is 39.7. The maximum absolute atomic E-state index is 12.4. The zero-order valence-corrected chi connectivity index (χ0v) is 17.0. The third-order valence-corrected chi connectivity index (χ3v) is 5.08. The van der Waals surface area contributed by atoms with Crippen molar-refractivity contribution in [3.05, 3.63) is 22.5 Å². The molecule has 1 saturated carbocycles. The second-order valence-electron chi connectivity index (χ2n) is 7.14. The van der Waals surface area contributed by atoms with Gasteiger partial charge in [0.05, 0.1) is 12.2 Å². The fourth-order valence-electron chi connectivity index (χ4n) is 3.53. The zero-order valence-electron chi connectivity index (χ0n) is 17.0. The van der Waals surface area contributed by atoms with Crippen molar-refractivity contribution in [2.75, 3.05) is 33.4 Å². The van der Waals surface area contributed by atoms with Crippen molar-refractivity contribution in [2.24, 2.45) is 5.92 Å². The fourth-order valence-corrected chi connectivity index (χ4v) is 3.53. The molecular weight excluding hydrogens is 362 g/mol. The molecule has 2 rings (SSSR count). The average Bonchev–Trinajstić information content (AvgIpc) is 3.00. The van der Waals surface area contributed by atoms with E-state index < -0.39 is 5.97 Å². The Morgan fingerprint density at radius 3 is 2.39 bits per heavy atom. The van der Waals surface area contributed by atoms with Gasteiger partial charge in [-0.2, -0.15) is 0 Å². The molecule has 1 aromatic heterocycles. The summed E-state index contributed by atoms with van der Waals surface area (Å²) in [6.07, 6.45) is 5.31. The normalized spacial score (nSPS) is 14.5. The number of hydrogen-bond acceptors (Lipinski definition) is 5. The maximum atomic E-state index is 12.4. The highest BCUT2D eigenvalue weighted by atomic mass is 16.6. The molecule has 1 aliphatic rings. The number of aromatic amines is 1. The first kappa shape index (κ1) is 21.9. The Morgan fingerprint density at radius 1 is 1.04 bits per heavy atom. The van der Waals surface area contributed by atoms with Crippen molar-refractivity contribution in [1.82, 2.24) is 15.6 Å². The minimum atomic E-state index is -0.484. The topological polar surface area (TPSA) is 110 Å². The SMILES string of the molecule is COCCOC(=O)c1c(C)[nH]c(C(=O)NCCNC(=O)C2CCCCC2)c1C. The Hall–Kier alpha value is -2.35. The van der Waals surface area contributed by atoms with Crippen molar-refractivity contribution in [2.45, 2.75) is 46.0 Å². The summed E-state index contributed by atoms with van der Waals surface area (Å²) in [6.45, 7) is 4.60. The summed E-state index contributed by atoms with van der Waals surface area (Å²) in [5.41, 5.74) is 1.82. The largest absolute Gasteiger partial charge is 0.460 e. The lowest BCUT2D eigenvalue weighted by molar-refractivity contribution is -0.125. The van der Waals surface area contributed by atoms with Gasteiger partial charge in [0.15, 0.2) is 0 Å². The third-order valence-electron chi connectivity index (χ3n) is 5.08. The van der Waals surface area contributed by atoms with Gasteiger partial charge in [-0.25, -0.2) is 4.79 Å². The molecule has 8 nitrogen and oxygen atoms in total. The smallest absolute Gasteiger partial charge is 0.340 e. The summed E-state index contributed by atoms with van der Waals surface area (Å²) >= 11 is 0. The standard InChI is InChI=1S/C20H31N3O5/c1-13-16(20(26)28-12-11-27-3)14(2)23-17(13)19(25)22-10-9-21-18(24)15-7-5-4-6-8-15/h15,23H,4-12H2,1-3H3,(H,21,24)(H,22,25). The van der Waals surface area contributed by atoms with Crippen LogP contribution in [-0.4, -0.2) is 56.2 Å². The van der Waals surface area contributed by atoms with Crippen molar-refractivity contribution < 1.29 is 23.9 Å². The van der Waals surface area contributed by atoms with Crippen molar-refractivity contribution >= 4 is 17.8 Å². The molecule has 3 N–H and O–H groups in total. The van der Waals surface area contributed by atoms with Gasteiger partial charge < -0.3 is 25.1 Å². The second-order valence-corrected chi connectivity index (χ2v) is 7.14. The van der Waals surface area contributed by atoms with E-state index in [0.29, 0.717) is 42.2 Å². The number of rotatable bonds is 9. The summed E-state index contributed by atoms with van der Waals surface area (Å²) in [7, 11) is 1.53. The van der Waals surface area contributed by atoms with E-state index in [-0.39, 0.29) is 24.3 Å². The van der Waals surface area contributed by atoms with Crippen molar-refractivity contribution in [1.29, 1.82) is 0 Å². The Morgan fingerprint density at radius 2 is 1.71 bits per heavy atom. The number of hydrogen-bond donors (Lipinski definition) is 3. The number of methoxy groups -OCH3 is 1. The number of carbonyl (C=O) groups is 3. The monoisotopic (exact) mass is 393 g/mol. The van der Waals surface area contributed by atoms with E-state index >= 15 is 0 Å². The predicted molar refractivity (Wildman–Crippen MR) is 104 cm³/mol. The molecule has 1 fully saturated rings. The molecule has 1 aliphatic carbocycles. The van der Waals surface area contributed by atoms with Gasteiger partial charge in [-0.15, -0.1) is 0 Å². The van der Waals surface area contributed by atoms with Crippen LogP contribution in [0.1, 0.15) is 64.2 Å². The van der Waals surface area contributed by atoms with Gasteiger partial charge in [0, 0.05) is 31.8 Å². The molecule has 2 amide bonds. The Bertz CT molecular complexity index is 692. The van der Waals surface area contributed by atoms with Crippen LogP contribution in [0.2, 0.25) is 0 Å². The molecule has 0 saturated heterocycles. The lowest BCUT2D eigenvalue weighted by Crippen LogP contribution is -2.38. The summed E-state index contributed by atoms with van der Waals surface area (Å²) in [5.74, 6) is -0.628. The Labute approximate surface area is 165 Å². The van der Waals surface area contributed by atoms with Crippen LogP contribution in [0, 0.1) is 19.8 Å². The molecule has 0 spiro atoms. The van der Waals surface area contributed by atoms with Crippen LogP contribution in [0.25, 0.3) is 0 Å². The van der Waals surface area contributed by atoms with Gasteiger partial charge in [0.1, 0.15) is 12.3 Å². The highest BCUT2D eigenvalue weighted by molar-refractivity contribution is 6.00. The lowest BCUT2D eigenvalue weighted by atomic mass is 9.89. The van der Waals surface area contributed by atoms with Gasteiger partial charge in [-0.3, -0.25) is 9.59 Å². The highest BCUT2D eigenvalue weighted by Crippen LogP contribution is 2.23. The molecule has 0 aromatic carbocycles. The van der Waals surface area contributed by atoms with Gasteiger partial charge in [0.25, 0.3) is 5.91 Å². The average molecular weight is 393 g/mol. The molecule has 0 radical (unpaired) electrons. The molecule has 156 valence electrons. The summed E-state index contributed by atoms with van der Waals surface area (Å²) in [6, 6.07) is 0. The quantitative estimate of drug-likeness (QED) is 0.438. The molecule has 8 heteroatoms. The Balaban J connectivity index is 1.82. The number of aromatic nitrogens is 1. The number of carbonyl (C=O) groups excluding carboxylic acids is 3. The first-order valence-corrected chi connectivity index (χ1v) is 9.86. The summed E-state index contributed by atoms with van der Waals surface area (Å²) in [5, 5.41) is 5.66. The molecule has 1 aromatic rings. The maximum Gasteiger partial charge on any atom is 0.340 e. The van der Waals surface area contributed by atoms with E-state index in [1.165, 1.54) is 13.5 Å². The molecule has 0 aliphatic heterocycles. The van der Waals surface area contributed by atoms with E-state index in [9.17, 15) is 14.4 Å². The van der Waals surface area contributed by atoms with E-state index in [1.807, 2.05) is 0 Å². The molecular formula is C20H31N3O5. The number of nitrogens with one attached hydrogen (secondary N) is 3. The Kier molecular flexibility index (Phi) is 8.50. The third kappa shape index (κ3) is 5.82. The van der Waals surface area contributed by atoms with Crippen molar-refractivity contribution in [3.63, 3.8) is 0 Å². The van der Waals surface area contributed by atoms with Crippen LogP contribution in [-0.2, 0) is 14.3 Å². The summed E-state index contributed by atoms with van der Waals surface area (Å²) < 4.78 is 10.0. The van der Waals surface area contributed by atoms with Crippen LogP contribution >= 0.6 is 0 Å². The van der Waals surface area contributed by atoms with Crippen LogP contribution < -0.4 is 10.6 Å². The number of ether oxygens (including phenoxy) is 2. The molecule has 1 heterocycles. The van der Waals surface area contributed by atoms with Crippen LogP contribution in [0.3, 0.4) is 0 Å². The molecule has 0 atom stereocenters. The van der Waals surface area contributed by atoms with E-state index in [2.05, 4.69) is 15.6 Å². The first-order chi connectivity index (χ1) is 13.5. The van der Waals surface area contributed by atoms with Gasteiger partial charge in [0.2, 0.25) is 5.91 Å². The number of amides is 2.